The zero-order valence-corrected chi connectivity index (χ0v) is 13.4. The predicted octanol–water partition coefficient (Wildman–Crippen LogP) is -0.300. The van der Waals surface area contributed by atoms with E-state index in [4.69, 9.17) is 0 Å². The van der Waals surface area contributed by atoms with Gasteiger partial charge in [-0.25, -0.2) is 0 Å². The molecule has 1 fully saturated rings. The number of carbonyl (C=O) groups excluding carboxylic acids is 2. The second-order valence-corrected chi connectivity index (χ2v) is 6.27. The van der Waals surface area contributed by atoms with Crippen LogP contribution in [0.4, 0.5) is 0 Å². The maximum absolute atomic E-state index is 11.9. The number of carbonyl (C=O) groups is 2. The number of benzene rings is 1. The molecule has 5 nitrogen and oxygen atoms in total. The normalized spacial score (nSPS) is 16.6. The first-order chi connectivity index (χ1) is 10.5. The second-order valence-electron chi connectivity index (χ2n) is 6.27. The van der Waals surface area contributed by atoms with Gasteiger partial charge < -0.3 is 15.5 Å². The summed E-state index contributed by atoms with van der Waals surface area (Å²) in [4.78, 5) is 24.5. The minimum Gasteiger partial charge on any atom is -0.351 e. The highest BCUT2D eigenvalue weighted by Gasteiger charge is 2.24. The summed E-state index contributed by atoms with van der Waals surface area (Å²) in [7, 11) is 1.87. The van der Waals surface area contributed by atoms with Crippen LogP contribution in [0, 0.1) is 0 Å². The predicted molar refractivity (Wildman–Crippen MR) is 85.7 cm³/mol. The minimum atomic E-state index is -0.0143. The third-order valence-corrected chi connectivity index (χ3v) is 3.84. The fourth-order valence-electron chi connectivity index (χ4n) is 2.35. The van der Waals surface area contributed by atoms with Crippen molar-refractivity contribution in [2.75, 3.05) is 26.7 Å². The first-order valence-electron chi connectivity index (χ1n) is 7.97. The highest BCUT2D eigenvalue weighted by molar-refractivity contribution is 5.79. The van der Waals surface area contributed by atoms with Gasteiger partial charge in [-0.1, -0.05) is 37.3 Å². The summed E-state index contributed by atoms with van der Waals surface area (Å²) >= 11 is 0. The molecular formula is C17H26N3O2+. The van der Waals surface area contributed by atoms with Gasteiger partial charge in [-0.2, -0.15) is 0 Å². The van der Waals surface area contributed by atoms with E-state index >= 15 is 0 Å². The van der Waals surface area contributed by atoms with Crippen molar-refractivity contribution in [3.63, 3.8) is 0 Å². The van der Waals surface area contributed by atoms with Crippen LogP contribution in [0.1, 0.15) is 31.2 Å². The van der Waals surface area contributed by atoms with E-state index in [9.17, 15) is 9.59 Å². The lowest BCUT2D eigenvalue weighted by atomic mass is 10.0. The van der Waals surface area contributed by atoms with E-state index in [1.807, 2.05) is 25.2 Å². The van der Waals surface area contributed by atoms with Crippen LogP contribution in [-0.4, -0.2) is 44.5 Å². The molecule has 0 bridgehead atoms. The number of hydrogen-bond acceptors (Lipinski definition) is 2. The topological polar surface area (TPSA) is 62.6 Å². The van der Waals surface area contributed by atoms with Crippen molar-refractivity contribution in [2.45, 2.75) is 31.7 Å². The molecule has 0 saturated heterocycles. The van der Waals surface area contributed by atoms with Gasteiger partial charge >= 0.3 is 0 Å². The molecule has 0 radical (unpaired) electrons. The molecule has 1 aromatic carbocycles. The molecule has 3 N–H and O–H groups in total. The van der Waals surface area contributed by atoms with Gasteiger partial charge in [0.05, 0.1) is 7.05 Å². The first-order valence-corrected chi connectivity index (χ1v) is 7.97. The van der Waals surface area contributed by atoms with Crippen molar-refractivity contribution in [1.82, 2.24) is 10.6 Å². The molecule has 0 spiro atoms. The van der Waals surface area contributed by atoms with Gasteiger partial charge in [0.2, 0.25) is 0 Å². The maximum atomic E-state index is 11.9. The van der Waals surface area contributed by atoms with Crippen LogP contribution in [0.5, 0.6) is 0 Å². The van der Waals surface area contributed by atoms with Crippen LogP contribution >= 0.6 is 0 Å². The van der Waals surface area contributed by atoms with E-state index < -0.39 is 0 Å². The molecule has 5 heteroatoms. The van der Waals surface area contributed by atoms with Gasteiger partial charge in [-0.3, -0.25) is 9.59 Å². The molecule has 2 amide bonds. The number of amides is 2. The summed E-state index contributed by atoms with van der Waals surface area (Å²) in [5.41, 5.74) is 1.22. The van der Waals surface area contributed by atoms with Gasteiger partial charge in [0, 0.05) is 12.6 Å². The van der Waals surface area contributed by atoms with Crippen molar-refractivity contribution in [3.8, 4) is 0 Å². The molecule has 22 heavy (non-hydrogen) atoms. The molecule has 2 rings (SSSR count). The quantitative estimate of drug-likeness (QED) is 0.617. The summed E-state index contributed by atoms with van der Waals surface area (Å²) < 4.78 is 0. The Morgan fingerprint density at radius 2 is 1.82 bits per heavy atom. The van der Waals surface area contributed by atoms with Crippen LogP contribution in [0.2, 0.25) is 0 Å². The summed E-state index contributed by atoms with van der Waals surface area (Å²) in [6, 6.07) is 10.5. The molecule has 1 aromatic rings. The highest BCUT2D eigenvalue weighted by atomic mass is 16.2. The Hall–Kier alpha value is -1.88. The monoisotopic (exact) mass is 304 g/mol. The van der Waals surface area contributed by atoms with Gasteiger partial charge in [0.25, 0.3) is 11.8 Å². The number of rotatable bonds is 8. The van der Waals surface area contributed by atoms with E-state index in [1.54, 1.807) is 0 Å². The van der Waals surface area contributed by atoms with Gasteiger partial charge in [0.1, 0.15) is 0 Å². The summed E-state index contributed by atoms with van der Waals surface area (Å²) in [5, 5.41) is 5.88. The standard InChI is InChI=1S/C17H25N3O2/c1-13(14-6-4-3-5-7-14)10-18-16(21)11-20(2)12-17(22)19-15-8-9-15/h3-7,13,15H,8-12H2,1-2H3,(H,18,21)(H,19,22)/p+1/t13-/m1/s1. The van der Waals surface area contributed by atoms with Crippen LogP contribution in [0.25, 0.3) is 0 Å². The molecule has 0 aromatic heterocycles. The fourth-order valence-corrected chi connectivity index (χ4v) is 2.35. The Morgan fingerprint density at radius 1 is 1.18 bits per heavy atom. The number of nitrogens with one attached hydrogen (secondary N) is 3. The van der Waals surface area contributed by atoms with E-state index in [1.165, 1.54) is 5.56 Å². The van der Waals surface area contributed by atoms with Gasteiger partial charge in [-0.05, 0) is 24.3 Å². The van der Waals surface area contributed by atoms with Crippen molar-refractivity contribution in [1.29, 1.82) is 0 Å². The maximum Gasteiger partial charge on any atom is 0.275 e. The Kier molecular flexibility index (Phi) is 5.95. The second kappa shape index (κ2) is 7.94. The lowest BCUT2D eigenvalue weighted by Gasteiger charge is -2.16. The zero-order valence-electron chi connectivity index (χ0n) is 13.4. The SMILES string of the molecule is C[C@H](CNC(=O)C[NH+](C)CC(=O)NC1CC1)c1ccccc1. The number of likely N-dealkylation sites (N-methyl/N-ethyl adjacent to an activating group) is 1. The van der Waals surface area contributed by atoms with E-state index in [0.717, 1.165) is 17.7 Å². The fraction of sp³-hybridized carbons (Fsp3) is 0.529. The van der Waals surface area contributed by atoms with Crippen molar-refractivity contribution >= 4 is 11.8 Å². The third-order valence-electron chi connectivity index (χ3n) is 3.84. The minimum absolute atomic E-state index is 0.0143. The average Bonchev–Trinajstić information content (AvgIpc) is 3.29. The lowest BCUT2D eigenvalue weighted by molar-refractivity contribution is -0.862. The van der Waals surface area contributed by atoms with Gasteiger partial charge in [0.15, 0.2) is 13.1 Å². The lowest BCUT2D eigenvalue weighted by Crippen LogP contribution is -3.11. The largest absolute Gasteiger partial charge is 0.351 e. The van der Waals surface area contributed by atoms with Crippen LogP contribution < -0.4 is 15.5 Å². The Morgan fingerprint density at radius 3 is 2.45 bits per heavy atom. The Labute approximate surface area is 132 Å². The van der Waals surface area contributed by atoms with Crippen LogP contribution in [-0.2, 0) is 9.59 Å². The highest BCUT2D eigenvalue weighted by Crippen LogP contribution is 2.18. The van der Waals surface area contributed by atoms with Crippen molar-refractivity contribution < 1.29 is 14.5 Å². The molecule has 2 atom stereocenters. The number of quaternary nitrogens is 1. The van der Waals surface area contributed by atoms with Crippen molar-refractivity contribution in [2.24, 2.45) is 0 Å². The molecule has 0 aliphatic heterocycles. The Balaban J connectivity index is 1.65. The Bertz CT molecular complexity index is 500. The van der Waals surface area contributed by atoms with Crippen LogP contribution in [0.15, 0.2) is 30.3 Å². The zero-order chi connectivity index (χ0) is 15.9. The summed E-state index contributed by atoms with van der Waals surface area (Å²) in [5.74, 6) is 0.300. The number of hydrogen-bond donors (Lipinski definition) is 3. The summed E-state index contributed by atoms with van der Waals surface area (Å²) in [6.07, 6.45) is 2.17. The van der Waals surface area contributed by atoms with E-state index in [0.29, 0.717) is 25.7 Å². The molecule has 1 aliphatic rings. The molecule has 1 saturated carbocycles. The first kappa shape index (κ1) is 16.5. The molecule has 120 valence electrons. The van der Waals surface area contributed by atoms with Crippen molar-refractivity contribution in [3.05, 3.63) is 35.9 Å². The molecule has 1 aliphatic carbocycles. The smallest absolute Gasteiger partial charge is 0.275 e. The average molecular weight is 304 g/mol. The van der Waals surface area contributed by atoms with E-state index in [-0.39, 0.29) is 17.7 Å². The third kappa shape index (κ3) is 5.85. The molecular weight excluding hydrogens is 278 g/mol. The molecule has 0 heterocycles. The van der Waals surface area contributed by atoms with E-state index in [2.05, 4.69) is 29.7 Å². The van der Waals surface area contributed by atoms with Crippen LogP contribution in [0.3, 0.4) is 0 Å². The summed E-state index contributed by atoms with van der Waals surface area (Å²) in [6.45, 7) is 3.37. The van der Waals surface area contributed by atoms with Gasteiger partial charge in [-0.15, -0.1) is 0 Å². The molecule has 1 unspecified atom stereocenters.